The third kappa shape index (κ3) is 5.12. The number of carbonyl (C=O) groups is 1. The van der Waals surface area contributed by atoms with Crippen LogP contribution in [0.4, 0.5) is 10.5 Å². The maximum absolute atomic E-state index is 11.8. The molecule has 1 heterocycles. The Labute approximate surface area is 130 Å². The Hall–Kier alpha value is -2.50. The molecule has 0 aliphatic rings. The standard InChI is InChI=1S/C16H22N4O2/c1-3-13(2)22-15-6-4-14(5-7-15)19-16(21)18-9-11-20-10-8-17-12-20/h4-8,10,12-13H,3,9,11H2,1-2H3,(H2,18,19,21)/t13-/m1/s1. The number of benzene rings is 1. The van der Waals surface area contributed by atoms with Gasteiger partial charge >= 0.3 is 6.03 Å². The number of carbonyl (C=O) groups excluding carboxylic acids is 1. The van der Waals surface area contributed by atoms with Gasteiger partial charge in [0.15, 0.2) is 0 Å². The Morgan fingerprint density at radius 2 is 2.14 bits per heavy atom. The van der Waals surface area contributed by atoms with Gasteiger partial charge in [0.25, 0.3) is 0 Å². The maximum atomic E-state index is 11.8. The number of amides is 2. The van der Waals surface area contributed by atoms with Gasteiger partial charge in [0.1, 0.15) is 5.75 Å². The fourth-order valence-corrected chi connectivity index (χ4v) is 1.83. The van der Waals surface area contributed by atoms with Gasteiger partial charge < -0.3 is 19.9 Å². The molecule has 2 amide bonds. The number of nitrogens with one attached hydrogen (secondary N) is 2. The molecule has 1 aromatic heterocycles. The molecule has 0 unspecified atom stereocenters. The molecular weight excluding hydrogens is 280 g/mol. The number of rotatable bonds is 7. The SMILES string of the molecule is CC[C@@H](C)Oc1ccc(NC(=O)NCCn2ccnc2)cc1. The molecule has 22 heavy (non-hydrogen) atoms. The van der Waals surface area contributed by atoms with Crippen LogP contribution in [-0.2, 0) is 6.54 Å². The Morgan fingerprint density at radius 3 is 2.77 bits per heavy atom. The number of anilines is 1. The highest BCUT2D eigenvalue weighted by Crippen LogP contribution is 2.17. The molecule has 2 rings (SSSR count). The molecule has 0 radical (unpaired) electrons. The van der Waals surface area contributed by atoms with Crippen molar-refractivity contribution in [3.8, 4) is 5.75 Å². The van der Waals surface area contributed by atoms with Gasteiger partial charge in [0.05, 0.1) is 12.4 Å². The van der Waals surface area contributed by atoms with Crippen molar-refractivity contribution in [2.45, 2.75) is 32.9 Å². The van der Waals surface area contributed by atoms with Crippen molar-refractivity contribution in [3.05, 3.63) is 43.0 Å². The zero-order valence-corrected chi connectivity index (χ0v) is 13.0. The molecule has 0 saturated carbocycles. The minimum absolute atomic E-state index is 0.185. The van der Waals surface area contributed by atoms with E-state index in [1.165, 1.54) is 0 Å². The molecule has 118 valence electrons. The van der Waals surface area contributed by atoms with E-state index < -0.39 is 0 Å². The summed E-state index contributed by atoms with van der Waals surface area (Å²) in [5.41, 5.74) is 0.733. The van der Waals surface area contributed by atoms with Crippen molar-refractivity contribution in [1.29, 1.82) is 0 Å². The summed E-state index contributed by atoms with van der Waals surface area (Å²) < 4.78 is 7.60. The molecule has 0 spiro atoms. The lowest BCUT2D eigenvalue weighted by Gasteiger charge is -2.13. The summed E-state index contributed by atoms with van der Waals surface area (Å²) in [5, 5.41) is 5.58. The van der Waals surface area contributed by atoms with Crippen LogP contribution >= 0.6 is 0 Å². The molecule has 0 aliphatic heterocycles. The number of aromatic nitrogens is 2. The summed E-state index contributed by atoms with van der Waals surface area (Å²) in [6.45, 7) is 5.33. The minimum Gasteiger partial charge on any atom is -0.491 e. The largest absolute Gasteiger partial charge is 0.491 e. The first kappa shape index (κ1) is 15.9. The van der Waals surface area contributed by atoms with Crippen LogP contribution in [0.1, 0.15) is 20.3 Å². The highest BCUT2D eigenvalue weighted by molar-refractivity contribution is 5.89. The number of hydrogen-bond acceptors (Lipinski definition) is 3. The van der Waals surface area contributed by atoms with Crippen molar-refractivity contribution < 1.29 is 9.53 Å². The van der Waals surface area contributed by atoms with Crippen LogP contribution in [0.5, 0.6) is 5.75 Å². The number of ether oxygens (including phenoxy) is 1. The summed E-state index contributed by atoms with van der Waals surface area (Å²) in [7, 11) is 0. The zero-order chi connectivity index (χ0) is 15.8. The highest BCUT2D eigenvalue weighted by Gasteiger charge is 2.03. The third-order valence-electron chi connectivity index (χ3n) is 3.24. The smallest absolute Gasteiger partial charge is 0.319 e. The van der Waals surface area contributed by atoms with Gasteiger partial charge in [-0.25, -0.2) is 9.78 Å². The topological polar surface area (TPSA) is 68.2 Å². The molecule has 0 fully saturated rings. The Balaban J connectivity index is 1.74. The lowest BCUT2D eigenvalue weighted by molar-refractivity contribution is 0.217. The minimum atomic E-state index is -0.226. The molecule has 0 aliphatic carbocycles. The van der Waals surface area contributed by atoms with E-state index in [1.54, 1.807) is 12.5 Å². The van der Waals surface area contributed by atoms with Crippen LogP contribution in [-0.4, -0.2) is 28.2 Å². The monoisotopic (exact) mass is 302 g/mol. The van der Waals surface area contributed by atoms with Crippen LogP contribution < -0.4 is 15.4 Å². The molecule has 2 aromatic rings. The van der Waals surface area contributed by atoms with E-state index in [2.05, 4.69) is 22.5 Å². The molecule has 1 aromatic carbocycles. The van der Waals surface area contributed by atoms with Crippen LogP contribution in [0.25, 0.3) is 0 Å². The van der Waals surface area contributed by atoms with E-state index in [-0.39, 0.29) is 12.1 Å². The van der Waals surface area contributed by atoms with Gasteiger partial charge in [-0.1, -0.05) is 6.92 Å². The summed E-state index contributed by atoms with van der Waals surface area (Å²) in [4.78, 5) is 15.7. The van der Waals surface area contributed by atoms with E-state index in [9.17, 15) is 4.79 Å². The third-order valence-corrected chi connectivity index (χ3v) is 3.24. The maximum Gasteiger partial charge on any atom is 0.319 e. The first-order valence-corrected chi connectivity index (χ1v) is 7.44. The Bertz CT molecular complexity index is 566. The Kier molecular flexibility index (Phi) is 5.82. The Morgan fingerprint density at radius 1 is 1.36 bits per heavy atom. The van der Waals surface area contributed by atoms with Gasteiger partial charge in [0.2, 0.25) is 0 Å². The van der Waals surface area contributed by atoms with Crippen molar-refractivity contribution in [2.24, 2.45) is 0 Å². The van der Waals surface area contributed by atoms with E-state index in [1.807, 2.05) is 42.0 Å². The first-order valence-electron chi connectivity index (χ1n) is 7.44. The lowest BCUT2D eigenvalue weighted by Crippen LogP contribution is -2.31. The average molecular weight is 302 g/mol. The molecular formula is C16H22N4O2. The summed E-state index contributed by atoms with van der Waals surface area (Å²) in [6.07, 6.45) is 6.43. The number of nitrogens with zero attached hydrogens (tertiary/aromatic N) is 2. The van der Waals surface area contributed by atoms with Gasteiger partial charge in [-0.15, -0.1) is 0 Å². The van der Waals surface area contributed by atoms with Crippen LogP contribution in [0.3, 0.4) is 0 Å². The summed E-state index contributed by atoms with van der Waals surface area (Å²) in [5.74, 6) is 0.806. The second kappa shape index (κ2) is 8.07. The van der Waals surface area contributed by atoms with Crippen LogP contribution in [0.2, 0.25) is 0 Å². The first-order chi connectivity index (χ1) is 10.7. The van der Waals surface area contributed by atoms with Crippen molar-refractivity contribution in [1.82, 2.24) is 14.9 Å². The van der Waals surface area contributed by atoms with Crippen molar-refractivity contribution in [2.75, 3.05) is 11.9 Å². The quantitative estimate of drug-likeness (QED) is 0.826. The van der Waals surface area contributed by atoms with Crippen molar-refractivity contribution in [3.63, 3.8) is 0 Å². The second-order valence-corrected chi connectivity index (χ2v) is 5.04. The van der Waals surface area contributed by atoms with E-state index in [0.29, 0.717) is 13.1 Å². The fraction of sp³-hybridized carbons (Fsp3) is 0.375. The van der Waals surface area contributed by atoms with E-state index in [4.69, 9.17) is 4.74 Å². The van der Waals surface area contributed by atoms with Gasteiger partial charge in [-0.3, -0.25) is 0 Å². The zero-order valence-electron chi connectivity index (χ0n) is 13.0. The van der Waals surface area contributed by atoms with Crippen molar-refractivity contribution >= 4 is 11.7 Å². The lowest BCUT2D eigenvalue weighted by atomic mass is 10.3. The van der Waals surface area contributed by atoms with Gasteiger partial charge in [-0.05, 0) is 37.6 Å². The second-order valence-electron chi connectivity index (χ2n) is 5.04. The molecule has 0 bridgehead atoms. The number of urea groups is 1. The summed E-state index contributed by atoms with van der Waals surface area (Å²) >= 11 is 0. The van der Waals surface area contributed by atoms with Crippen LogP contribution in [0.15, 0.2) is 43.0 Å². The predicted octanol–water partition coefficient (Wildman–Crippen LogP) is 2.88. The average Bonchev–Trinajstić information content (AvgIpc) is 3.02. The van der Waals surface area contributed by atoms with E-state index in [0.717, 1.165) is 17.9 Å². The van der Waals surface area contributed by atoms with Gasteiger partial charge in [-0.2, -0.15) is 0 Å². The fourth-order valence-electron chi connectivity index (χ4n) is 1.83. The molecule has 0 saturated heterocycles. The molecule has 2 N–H and O–H groups in total. The summed E-state index contributed by atoms with van der Waals surface area (Å²) in [6, 6.07) is 7.14. The highest BCUT2D eigenvalue weighted by atomic mass is 16.5. The normalized spacial score (nSPS) is 11.7. The molecule has 6 heteroatoms. The van der Waals surface area contributed by atoms with E-state index >= 15 is 0 Å². The molecule has 6 nitrogen and oxygen atoms in total. The molecule has 1 atom stereocenters. The number of imidazole rings is 1. The van der Waals surface area contributed by atoms with Gasteiger partial charge in [0, 0.05) is 31.2 Å². The predicted molar refractivity (Wildman–Crippen MR) is 86.1 cm³/mol. The number of hydrogen-bond donors (Lipinski definition) is 2. The van der Waals surface area contributed by atoms with Crippen LogP contribution in [0, 0.1) is 0 Å².